The van der Waals surface area contributed by atoms with Crippen LogP contribution in [-0.4, -0.2) is 36.0 Å². The van der Waals surface area contributed by atoms with Gasteiger partial charge in [0.25, 0.3) is 10.1 Å². The van der Waals surface area contributed by atoms with Crippen LogP contribution in [0.15, 0.2) is 24.3 Å². The van der Waals surface area contributed by atoms with E-state index < -0.39 is 20.2 Å². The molecule has 0 N–H and O–H groups in total. The Bertz CT molecular complexity index is 618. The highest BCUT2D eigenvalue weighted by Gasteiger charge is 2.05. The standard InChI is InChI=1S/C11H16O6S2/c1-18(12,13)16-8-4-6-10-5-3-7-11(9-10)17-19(2,14)15/h3,5,7,9H,4,6,8H2,1-2H3. The zero-order chi connectivity index (χ0) is 14.5. The molecule has 0 spiro atoms. The van der Waals surface area contributed by atoms with Gasteiger partial charge in [-0.2, -0.15) is 16.8 Å². The van der Waals surface area contributed by atoms with Gasteiger partial charge in [0.05, 0.1) is 19.1 Å². The van der Waals surface area contributed by atoms with Gasteiger partial charge in [0.2, 0.25) is 0 Å². The predicted molar refractivity (Wildman–Crippen MR) is 71.0 cm³/mol. The second-order valence-corrected chi connectivity index (χ2v) is 7.28. The first-order chi connectivity index (χ1) is 8.66. The van der Waals surface area contributed by atoms with Crippen molar-refractivity contribution >= 4 is 20.2 Å². The lowest BCUT2D eigenvalue weighted by Gasteiger charge is -2.06. The highest BCUT2D eigenvalue weighted by Crippen LogP contribution is 2.16. The molecule has 0 aromatic heterocycles. The molecule has 8 heteroatoms. The Balaban J connectivity index is 2.53. The molecule has 0 saturated carbocycles. The summed E-state index contributed by atoms with van der Waals surface area (Å²) in [4.78, 5) is 0. The van der Waals surface area contributed by atoms with Crippen LogP contribution < -0.4 is 4.18 Å². The van der Waals surface area contributed by atoms with Gasteiger partial charge in [0.15, 0.2) is 0 Å². The van der Waals surface area contributed by atoms with E-state index in [1.165, 1.54) is 6.07 Å². The highest BCUT2D eigenvalue weighted by atomic mass is 32.2. The third-order valence-electron chi connectivity index (χ3n) is 2.05. The van der Waals surface area contributed by atoms with Crippen molar-refractivity contribution < 1.29 is 25.2 Å². The second-order valence-electron chi connectivity index (χ2n) is 4.06. The summed E-state index contributed by atoms with van der Waals surface area (Å²) in [5.74, 6) is 0.240. The Morgan fingerprint density at radius 3 is 2.32 bits per heavy atom. The molecule has 1 aromatic carbocycles. The Morgan fingerprint density at radius 2 is 1.74 bits per heavy atom. The van der Waals surface area contributed by atoms with Crippen molar-refractivity contribution in [2.75, 3.05) is 19.1 Å². The molecule has 1 rings (SSSR count). The molecule has 0 amide bonds. The summed E-state index contributed by atoms with van der Waals surface area (Å²) in [5.41, 5.74) is 0.846. The first-order valence-electron chi connectivity index (χ1n) is 5.48. The molecular formula is C11H16O6S2. The Labute approximate surface area is 113 Å². The minimum absolute atomic E-state index is 0.0932. The van der Waals surface area contributed by atoms with E-state index in [0.29, 0.717) is 12.8 Å². The summed E-state index contributed by atoms with van der Waals surface area (Å²) in [6.07, 6.45) is 3.04. The molecule has 108 valence electrons. The fourth-order valence-corrected chi connectivity index (χ4v) is 2.29. The van der Waals surface area contributed by atoms with Crippen molar-refractivity contribution in [3.63, 3.8) is 0 Å². The molecule has 0 atom stereocenters. The van der Waals surface area contributed by atoms with Crippen LogP contribution in [0.4, 0.5) is 0 Å². The first kappa shape index (κ1) is 15.9. The predicted octanol–water partition coefficient (Wildman–Crippen LogP) is 0.934. The van der Waals surface area contributed by atoms with Crippen LogP contribution in [-0.2, 0) is 30.8 Å². The van der Waals surface area contributed by atoms with Crippen LogP contribution in [0, 0.1) is 0 Å². The molecule has 6 nitrogen and oxygen atoms in total. The van der Waals surface area contributed by atoms with Crippen molar-refractivity contribution in [3.8, 4) is 5.75 Å². The summed E-state index contributed by atoms with van der Waals surface area (Å²) in [6.45, 7) is 0.0932. The SMILES string of the molecule is CS(=O)(=O)OCCCc1cccc(OS(C)(=O)=O)c1. The van der Waals surface area contributed by atoms with Gasteiger partial charge in [-0.25, -0.2) is 0 Å². The fourth-order valence-electron chi connectivity index (χ4n) is 1.41. The van der Waals surface area contributed by atoms with E-state index in [0.717, 1.165) is 18.1 Å². The first-order valence-corrected chi connectivity index (χ1v) is 9.12. The Hall–Kier alpha value is -1.12. The van der Waals surface area contributed by atoms with Gasteiger partial charge in [-0.1, -0.05) is 12.1 Å². The lowest BCUT2D eigenvalue weighted by Crippen LogP contribution is -2.06. The summed E-state index contributed by atoms with van der Waals surface area (Å²) in [6, 6.07) is 6.61. The van der Waals surface area contributed by atoms with E-state index in [1.807, 2.05) is 0 Å². The fraction of sp³-hybridized carbons (Fsp3) is 0.455. The maximum absolute atomic E-state index is 11.0. The molecule has 19 heavy (non-hydrogen) atoms. The lowest BCUT2D eigenvalue weighted by molar-refractivity contribution is 0.316. The van der Waals surface area contributed by atoms with E-state index in [-0.39, 0.29) is 12.4 Å². The number of aryl methyl sites for hydroxylation is 1. The zero-order valence-corrected chi connectivity index (χ0v) is 12.3. The average Bonchev–Trinajstić information content (AvgIpc) is 2.21. The van der Waals surface area contributed by atoms with Crippen LogP contribution in [0.2, 0.25) is 0 Å². The smallest absolute Gasteiger partial charge is 0.306 e. The van der Waals surface area contributed by atoms with Gasteiger partial charge in [-0.05, 0) is 30.5 Å². The van der Waals surface area contributed by atoms with E-state index in [4.69, 9.17) is 4.18 Å². The third-order valence-corrected chi connectivity index (χ3v) is 3.14. The molecule has 0 radical (unpaired) electrons. The number of rotatable bonds is 7. The molecular weight excluding hydrogens is 292 g/mol. The van der Waals surface area contributed by atoms with E-state index >= 15 is 0 Å². The second kappa shape index (κ2) is 6.36. The number of benzene rings is 1. The van der Waals surface area contributed by atoms with Crippen molar-refractivity contribution in [3.05, 3.63) is 29.8 Å². The molecule has 0 aliphatic heterocycles. The average molecular weight is 308 g/mol. The molecule has 0 aliphatic rings. The highest BCUT2D eigenvalue weighted by molar-refractivity contribution is 7.86. The van der Waals surface area contributed by atoms with Crippen molar-refractivity contribution in [2.24, 2.45) is 0 Å². The summed E-state index contributed by atoms with van der Waals surface area (Å²) >= 11 is 0. The van der Waals surface area contributed by atoms with Crippen LogP contribution >= 0.6 is 0 Å². The van der Waals surface area contributed by atoms with Crippen LogP contribution in [0.3, 0.4) is 0 Å². The molecule has 0 unspecified atom stereocenters. The van der Waals surface area contributed by atoms with E-state index in [9.17, 15) is 16.8 Å². The monoisotopic (exact) mass is 308 g/mol. The van der Waals surface area contributed by atoms with Gasteiger partial charge in [-0.15, -0.1) is 0 Å². The molecule has 1 aromatic rings. The maximum atomic E-state index is 11.0. The number of hydrogen-bond acceptors (Lipinski definition) is 6. The van der Waals surface area contributed by atoms with Crippen LogP contribution in [0.5, 0.6) is 5.75 Å². The quantitative estimate of drug-likeness (QED) is 0.550. The van der Waals surface area contributed by atoms with Gasteiger partial charge in [0, 0.05) is 0 Å². The van der Waals surface area contributed by atoms with Gasteiger partial charge in [-0.3, -0.25) is 4.18 Å². The van der Waals surface area contributed by atoms with E-state index in [1.54, 1.807) is 18.2 Å². The van der Waals surface area contributed by atoms with Crippen LogP contribution in [0.25, 0.3) is 0 Å². The Morgan fingerprint density at radius 1 is 1.05 bits per heavy atom. The summed E-state index contributed by atoms with van der Waals surface area (Å²) in [5, 5.41) is 0. The topological polar surface area (TPSA) is 86.7 Å². The minimum atomic E-state index is -3.54. The number of hydrogen-bond donors (Lipinski definition) is 0. The molecule has 0 saturated heterocycles. The zero-order valence-electron chi connectivity index (χ0n) is 10.7. The van der Waals surface area contributed by atoms with Gasteiger partial charge in [0.1, 0.15) is 5.75 Å². The van der Waals surface area contributed by atoms with Gasteiger partial charge < -0.3 is 4.18 Å². The van der Waals surface area contributed by atoms with Crippen molar-refractivity contribution in [1.29, 1.82) is 0 Å². The molecule has 0 aliphatic carbocycles. The van der Waals surface area contributed by atoms with Crippen molar-refractivity contribution in [2.45, 2.75) is 12.8 Å². The minimum Gasteiger partial charge on any atom is -0.383 e. The Kier molecular flexibility index (Phi) is 5.33. The summed E-state index contributed by atoms with van der Waals surface area (Å²) < 4.78 is 52.8. The lowest BCUT2D eigenvalue weighted by atomic mass is 10.1. The van der Waals surface area contributed by atoms with Crippen LogP contribution in [0.1, 0.15) is 12.0 Å². The maximum Gasteiger partial charge on any atom is 0.306 e. The third kappa shape index (κ3) is 7.81. The molecule has 0 heterocycles. The molecule has 0 fully saturated rings. The van der Waals surface area contributed by atoms with E-state index in [2.05, 4.69) is 4.18 Å². The summed E-state index contributed by atoms with van der Waals surface area (Å²) in [7, 11) is -6.96. The molecule has 0 bridgehead atoms. The van der Waals surface area contributed by atoms with Crippen molar-refractivity contribution in [1.82, 2.24) is 0 Å². The largest absolute Gasteiger partial charge is 0.383 e. The normalized spacial score (nSPS) is 12.3. The van der Waals surface area contributed by atoms with Gasteiger partial charge >= 0.3 is 10.1 Å².